The molecule has 5 heteroatoms. The van der Waals surface area contributed by atoms with Crippen LogP contribution in [0.15, 0.2) is 78.9 Å². The number of hydrogen-bond donors (Lipinski definition) is 0. The maximum atomic E-state index is 13.0. The molecule has 0 saturated heterocycles. The standard InChI is InChI=1S/C26H22N2O3/c1-18-7-3-4-8-19(18)13-16-24(29)26-27-22-9-5-6-10-23(22)28(26)17-25(30)20-11-14-21(31-2)15-12-20/h3-16H,17H2,1-2H3/b16-13+. The van der Waals surface area contributed by atoms with Gasteiger partial charge in [-0.2, -0.15) is 0 Å². The van der Waals surface area contributed by atoms with Crippen LogP contribution in [0.1, 0.15) is 32.1 Å². The molecule has 0 fully saturated rings. The van der Waals surface area contributed by atoms with Crippen LogP contribution in [-0.2, 0) is 6.54 Å². The second kappa shape index (κ2) is 8.79. The lowest BCUT2D eigenvalue weighted by atomic mass is 10.1. The fourth-order valence-electron chi connectivity index (χ4n) is 3.45. The summed E-state index contributed by atoms with van der Waals surface area (Å²) >= 11 is 0. The van der Waals surface area contributed by atoms with E-state index in [0.29, 0.717) is 16.8 Å². The molecule has 0 bridgehead atoms. The first kappa shape index (κ1) is 20.3. The lowest BCUT2D eigenvalue weighted by Gasteiger charge is -2.08. The first-order valence-corrected chi connectivity index (χ1v) is 9.97. The van der Waals surface area contributed by atoms with Gasteiger partial charge in [0.05, 0.1) is 24.7 Å². The molecule has 0 N–H and O–H groups in total. The molecule has 4 aromatic rings. The summed E-state index contributed by atoms with van der Waals surface area (Å²) in [4.78, 5) is 30.5. The first-order chi connectivity index (χ1) is 15.1. The summed E-state index contributed by atoms with van der Waals surface area (Å²) in [6.45, 7) is 2.01. The molecule has 3 aromatic carbocycles. The van der Waals surface area contributed by atoms with Gasteiger partial charge in [-0.05, 0) is 60.5 Å². The molecular weight excluding hydrogens is 388 g/mol. The number of aryl methyl sites for hydroxylation is 1. The van der Waals surface area contributed by atoms with Gasteiger partial charge in [-0.15, -0.1) is 0 Å². The van der Waals surface area contributed by atoms with E-state index in [1.165, 1.54) is 6.08 Å². The zero-order valence-corrected chi connectivity index (χ0v) is 17.4. The van der Waals surface area contributed by atoms with Gasteiger partial charge >= 0.3 is 0 Å². The molecule has 0 saturated carbocycles. The van der Waals surface area contributed by atoms with Gasteiger partial charge in [-0.3, -0.25) is 9.59 Å². The summed E-state index contributed by atoms with van der Waals surface area (Å²) in [6, 6.07) is 22.2. The highest BCUT2D eigenvalue weighted by Crippen LogP contribution is 2.19. The number of allylic oxidation sites excluding steroid dienone is 1. The Balaban J connectivity index is 1.67. The number of carbonyl (C=O) groups is 2. The van der Waals surface area contributed by atoms with Crippen molar-refractivity contribution in [1.82, 2.24) is 9.55 Å². The minimum atomic E-state index is -0.248. The average Bonchev–Trinajstić information content (AvgIpc) is 3.17. The number of Topliss-reactive ketones (excluding diaryl/α,β-unsaturated/α-hetero) is 1. The molecule has 5 nitrogen and oxygen atoms in total. The van der Waals surface area contributed by atoms with E-state index in [9.17, 15) is 9.59 Å². The van der Waals surface area contributed by atoms with E-state index in [1.54, 1.807) is 42.0 Å². The van der Waals surface area contributed by atoms with Crippen LogP contribution in [0.25, 0.3) is 17.1 Å². The summed E-state index contributed by atoms with van der Waals surface area (Å²) < 4.78 is 6.84. The third kappa shape index (κ3) is 4.31. The highest BCUT2D eigenvalue weighted by Gasteiger charge is 2.18. The number of imidazole rings is 1. The number of ether oxygens (including phenoxy) is 1. The second-order valence-electron chi connectivity index (χ2n) is 7.22. The van der Waals surface area contributed by atoms with E-state index in [2.05, 4.69) is 4.98 Å². The van der Waals surface area contributed by atoms with Gasteiger partial charge in [0.15, 0.2) is 11.6 Å². The molecule has 0 amide bonds. The van der Waals surface area contributed by atoms with Crippen LogP contribution in [0.4, 0.5) is 0 Å². The van der Waals surface area contributed by atoms with Crippen LogP contribution >= 0.6 is 0 Å². The Morgan fingerprint density at radius 2 is 1.68 bits per heavy atom. The number of benzene rings is 3. The molecule has 0 aliphatic heterocycles. The number of fused-ring (bicyclic) bond motifs is 1. The minimum absolute atomic E-state index is 0.0200. The van der Waals surface area contributed by atoms with Crippen molar-refractivity contribution in [2.24, 2.45) is 0 Å². The van der Waals surface area contributed by atoms with Gasteiger partial charge in [0.1, 0.15) is 5.75 Å². The van der Waals surface area contributed by atoms with Crippen LogP contribution in [-0.4, -0.2) is 28.2 Å². The number of aromatic nitrogens is 2. The molecule has 0 atom stereocenters. The number of nitrogens with zero attached hydrogens (tertiary/aromatic N) is 2. The summed E-state index contributed by atoms with van der Waals surface area (Å²) in [5.41, 5.74) is 4.02. The van der Waals surface area contributed by atoms with Crippen molar-refractivity contribution in [3.05, 3.63) is 101 Å². The van der Waals surface area contributed by atoms with Crippen molar-refractivity contribution in [3.63, 3.8) is 0 Å². The Hall–Kier alpha value is -3.99. The number of para-hydroxylation sites is 2. The van der Waals surface area contributed by atoms with Crippen LogP contribution in [0.5, 0.6) is 5.75 Å². The van der Waals surface area contributed by atoms with E-state index < -0.39 is 0 Å². The Kier molecular flexibility index (Phi) is 5.76. The van der Waals surface area contributed by atoms with Crippen LogP contribution < -0.4 is 4.74 Å². The molecule has 0 unspecified atom stereocenters. The number of ketones is 2. The van der Waals surface area contributed by atoms with Crippen molar-refractivity contribution in [1.29, 1.82) is 0 Å². The van der Waals surface area contributed by atoms with Gasteiger partial charge in [-0.1, -0.05) is 42.5 Å². The Labute approximate surface area is 180 Å². The number of carbonyl (C=O) groups excluding carboxylic acids is 2. The van der Waals surface area contributed by atoms with Gasteiger partial charge in [0.2, 0.25) is 5.78 Å². The average molecular weight is 410 g/mol. The molecule has 1 heterocycles. The van der Waals surface area contributed by atoms with E-state index in [-0.39, 0.29) is 23.9 Å². The lowest BCUT2D eigenvalue weighted by Crippen LogP contribution is -2.15. The third-order valence-electron chi connectivity index (χ3n) is 5.19. The van der Waals surface area contributed by atoms with Gasteiger partial charge in [0.25, 0.3) is 0 Å². The predicted octanol–water partition coefficient (Wildman–Crippen LogP) is 5.13. The summed E-state index contributed by atoms with van der Waals surface area (Å²) in [7, 11) is 1.58. The number of rotatable bonds is 7. The second-order valence-corrected chi connectivity index (χ2v) is 7.22. The van der Waals surface area contributed by atoms with Crippen LogP contribution in [0.2, 0.25) is 0 Å². The summed E-state index contributed by atoms with van der Waals surface area (Å²) in [5, 5.41) is 0. The van der Waals surface area contributed by atoms with Crippen molar-refractivity contribution in [3.8, 4) is 5.75 Å². The molecule has 4 rings (SSSR count). The quantitative estimate of drug-likeness (QED) is 0.313. The Morgan fingerprint density at radius 3 is 2.42 bits per heavy atom. The minimum Gasteiger partial charge on any atom is -0.497 e. The van der Waals surface area contributed by atoms with Crippen LogP contribution in [0, 0.1) is 6.92 Å². The van der Waals surface area contributed by atoms with E-state index >= 15 is 0 Å². The maximum Gasteiger partial charge on any atom is 0.221 e. The van der Waals surface area contributed by atoms with Crippen molar-refractivity contribution in [2.75, 3.05) is 7.11 Å². The molecule has 31 heavy (non-hydrogen) atoms. The normalized spacial score (nSPS) is 11.2. The van der Waals surface area contributed by atoms with Crippen molar-refractivity contribution in [2.45, 2.75) is 13.5 Å². The topological polar surface area (TPSA) is 61.2 Å². The molecule has 0 radical (unpaired) electrons. The fourth-order valence-corrected chi connectivity index (χ4v) is 3.45. The van der Waals surface area contributed by atoms with Crippen LogP contribution in [0.3, 0.4) is 0 Å². The zero-order chi connectivity index (χ0) is 21.8. The maximum absolute atomic E-state index is 13.0. The third-order valence-corrected chi connectivity index (χ3v) is 5.19. The first-order valence-electron chi connectivity index (χ1n) is 9.97. The number of hydrogen-bond acceptors (Lipinski definition) is 4. The van der Waals surface area contributed by atoms with E-state index in [1.807, 2.05) is 55.5 Å². The van der Waals surface area contributed by atoms with Gasteiger partial charge in [-0.25, -0.2) is 4.98 Å². The van der Waals surface area contributed by atoms with Crippen molar-refractivity contribution < 1.29 is 14.3 Å². The van der Waals surface area contributed by atoms with E-state index in [4.69, 9.17) is 4.74 Å². The monoisotopic (exact) mass is 410 g/mol. The van der Waals surface area contributed by atoms with Gasteiger partial charge in [0, 0.05) is 5.56 Å². The SMILES string of the molecule is COc1ccc(C(=O)Cn2c(C(=O)/C=C/c3ccccc3C)nc3ccccc32)cc1. The van der Waals surface area contributed by atoms with Gasteiger partial charge < -0.3 is 9.30 Å². The molecule has 0 aliphatic carbocycles. The largest absolute Gasteiger partial charge is 0.497 e. The Morgan fingerprint density at radius 1 is 0.968 bits per heavy atom. The molecule has 154 valence electrons. The molecule has 1 aromatic heterocycles. The molecule has 0 spiro atoms. The summed E-state index contributed by atoms with van der Waals surface area (Å²) in [5.74, 6) is 0.569. The molecule has 0 aliphatic rings. The zero-order valence-electron chi connectivity index (χ0n) is 17.4. The lowest BCUT2D eigenvalue weighted by molar-refractivity contribution is 0.0969. The fraction of sp³-hybridized carbons (Fsp3) is 0.115. The smallest absolute Gasteiger partial charge is 0.221 e. The highest BCUT2D eigenvalue weighted by atomic mass is 16.5. The summed E-state index contributed by atoms with van der Waals surface area (Å²) in [6.07, 6.45) is 3.30. The number of methoxy groups -OCH3 is 1. The van der Waals surface area contributed by atoms with E-state index in [0.717, 1.165) is 16.6 Å². The Bertz CT molecular complexity index is 1280. The van der Waals surface area contributed by atoms with Crippen molar-refractivity contribution >= 4 is 28.7 Å². The predicted molar refractivity (Wildman–Crippen MR) is 122 cm³/mol. The highest BCUT2D eigenvalue weighted by molar-refractivity contribution is 6.07. The molecular formula is C26H22N2O3.